The van der Waals surface area contributed by atoms with Gasteiger partial charge in [-0.15, -0.1) is 0 Å². The number of rotatable bonds is 1. The second kappa shape index (κ2) is 5.62. The number of carbonyl (C=O) groups is 1. The number of halogens is 2. The summed E-state index contributed by atoms with van der Waals surface area (Å²) >= 11 is 9.77. The normalized spacial score (nSPS) is 17.6. The lowest BCUT2D eigenvalue weighted by atomic mass is 10.0. The molecule has 0 aromatic heterocycles. The van der Waals surface area contributed by atoms with Crippen LogP contribution in [0.2, 0.25) is 5.02 Å². The molecule has 0 spiro atoms. The highest BCUT2D eigenvalue weighted by atomic mass is 79.9. The van der Waals surface area contributed by atoms with Gasteiger partial charge < -0.3 is 5.32 Å². The molecule has 2 aromatic rings. The van der Waals surface area contributed by atoms with Gasteiger partial charge in [0.1, 0.15) is 6.04 Å². The van der Waals surface area contributed by atoms with Gasteiger partial charge in [0, 0.05) is 20.6 Å². The molecule has 3 rings (SSSR count). The molecule has 0 saturated heterocycles. The first-order chi connectivity index (χ1) is 10.1. The molecule has 106 valence electrons. The Labute approximate surface area is 136 Å². The van der Waals surface area contributed by atoms with E-state index in [0.717, 1.165) is 27.0 Å². The Kier molecular flexibility index (Phi) is 3.83. The van der Waals surface area contributed by atoms with E-state index in [1.165, 1.54) is 0 Å². The lowest BCUT2D eigenvalue weighted by Crippen LogP contribution is -2.22. The molecule has 1 heterocycles. The van der Waals surface area contributed by atoms with E-state index in [0.29, 0.717) is 5.02 Å². The van der Waals surface area contributed by atoms with E-state index in [9.17, 15) is 4.79 Å². The first-order valence-electron chi connectivity index (χ1n) is 6.50. The molecule has 0 bridgehead atoms. The fourth-order valence-corrected chi connectivity index (χ4v) is 2.83. The highest BCUT2D eigenvalue weighted by molar-refractivity contribution is 9.10. The molecule has 21 heavy (non-hydrogen) atoms. The summed E-state index contributed by atoms with van der Waals surface area (Å²) in [6, 6.07) is 12.7. The summed E-state index contributed by atoms with van der Waals surface area (Å²) in [6.45, 7) is 1.77. The van der Waals surface area contributed by atoms with E-state index >= 15 is 0 Å². The Morgan fingerprint density at radius 3 is 2.71 bits per heavy atom. The number of hydrogen-bond acceptors (Lipinski definition) is 2. The lowest BCUT2D eigenvalue weighted by Gasteiger charge is -2.11. The second-order valence-corrected chi connectivity index (χ2v) is 6.14. The summed E-state index contributed by atoms with van der Waals surface area (Å²) in [6.07, 6.45) is 0. The van der Waals surface area contributed by atoms with Gasteiger partial charge >= 0.3 is 0 Å². The Hall–Kier alpha value is -1.65. The van der Waals surface area contributed by atoms with Gasteiger partial charge in [-0.05, 0) is 31.2 Å². The van der Waals surface area contributed by atoms with Gasteiger partial charge in [0.2, 0.25) is 5.91 Å². The minimum absolute atomic E-state index is 0.124. The number of carbonyl (C=O) groups excluding carboxylic acids is 1. The van der Waals surface area contributed by atoms with Crippen LogP contribution in [0.4, 0.5) is 5.69 Å². The van der Waals surface area contributed by atoms with Gasteiger partial charge in [0.15, 0.2) is 0 Å². The quantitative estimate of drug-likeness (QED) is 0.807. The van der Waals surface area contributed by atoms with Gasteiger partial charge in [-0.3, -0.25) is 9.79 Å². The monoisotopic (exact) mass is 362 g/mol. The van der Waals surface area contributed by atoms with Crippen LogP contribution in [-0.2, 0) is 4.79 Å². The van der Waals surface area contributed by atoms with Crippen molar-refractivity contribution in [1.82, 2.24) is 0 Å². The zero-order valence-corrected chi connectivity index (χ0v) is 13.6. The number of fused-ring (bicyclic) bond motifs is 1. The van der Waals surface area contributed by atoms with Crippen molar-refractivity contribution in [1.29, 1.82) is 0 Å². The lowest BCUT2D eigenvalue weighted by molar-refractivity contribution is -0.116. The molecule has 0 aliphatic carbocycles. The molecular formula is C16H12BrClN2O. The average molecular weight is 364 g/mol. The molecule has 1 aliphatic rings. The molecule has 0 unspecified atom stereocenters. The molecule has 3 nitrogen and oxygen atoms in total. The van der Waals surface area contributed by atoms with Gasteiger partial charge in [0.05, 0.1) is 11.4 Å². The van der Waals surface area contributed by atoms with E-state index in [4.69, 9.17) is 11.6 Å². The predicted octanol–water partition coefficient (Wildman–Crippen LogP) is 4.28. The Morgan fingerprint density at radius 2 is 1.95 bits per heavy atom. The fourth-order valence-electron chi connectivity index (χ4n) is 2.25. The van der Waals surface area contributed by atoms with Crippen LogP contribution in [0.1, 0.15) is 18.1 Å². The van der Waals surface area contributed by atoms with Crippen LogP contribution < -0.4 is 5.32 Å². The van der Waals surface area contributed by atoms with Crippen molar-refractivity contribution in [3.63, 3.8) is 0 Å². The smallest absolute Gasteiger partial charge is 0.248 e. The summed E-state index contributed by atoms with van der Waals surface area (Å²) in [5.74, 6) is -0.124. The topological polar surface area (TPSA) is 41.5 Å². The van der Waals surface area contributed by atoms with Crippen molar-refractivity contribution >= 4 is 44.8 Å². The number of nitrogens with one attached hydrogen (secondary N) is 1. The molecular weight excluding hydrogens is 352 g/mol. The molecule has 1 atom stereocenters. The standard InChI is InChI=1S/C16H12BrClN2O/c1-9-16(21)20-14-7-6-10(17)8-12(14)15(19-9)11-4-2-3-5-13(11)18/h2-9H,1H3,(H,20,21)/t9-/m0/s1. The average Bonchev–Trinajstić information content (AvgIpc) is 2.58. The fraction of sp³-hybridized carbons (Fsp3) is 0.125. The van der Waals surface area contributed by atoms with Crippen molar-refractivity contribution < 1.29 is 4.79 Å². The van der Waals surface area contributed by atoms with E-state index in [1.54, 1.807) is 6.92 Å². The minimum Gasteiger partial charge on any atom is -0.324 e. The zero-order chi connectivity index (χ0) is 15.0. The first kappa shape index (κ1) is 14.3. The molecule has 1 N–H and O–H groups in total. The van der Waals surface area contributed by atoms with Crippen molar-refractivity contribution in [2.75, 3.05) is 5.32 Å². The molecule has 5 heteroatoms. The third kappa shape index (κ3) is 2.74. The Morgan fingerprint density at radius 1 is 1.19 bits per heavy atom. The van der Waals surface area contributed by atoms with Gasteiger partial charge in [-0.25, -0.2) is 0 Å². The van der Waals surface area contributed by atoms with Crippen LogP contribution in [0.15, 0.2) is 51.9 Å². The van der Waals surface area contributed by atoms with E-state index in [-0.39, 0.29) is 5.91 Å². The van der Waals surface area contributed by atoms with Crippen molar-refractivity contribution in [2.24, 2.45) is 4.99 Å². The molecule has 0 radical (unpaired) electrons. The Bertz CT molecular complexity index is 758. The van der Waals surface area contributed by atoms with E-state index in [2.05, 4.69) is 26.2 Å². The van der Waals surface area contributed by atoms with Crippen LogP contribution >= 0.6 is 27.5 Å². The SMILES string of the molecule is C[C@@H]1N=C(c2ccccc2Cl)c2cc(Br)ccc2NC1=O. The van der Waals surface area contributed by atoms with Gasteiger partial charge in [0.25, 0.3) is 0 Å². The van der Waals surface area contributed by atoms with Crippen LogP contribution in [-0.4, -0.2) is 17.7 Å². The number of hydrogen-bond donors (Lipinski definition) is 1. The summed E-state index contributed by atoms with van der Waals surface area (Å²) in [7, 11) is 0. The van der Waals surface area contributed by atoms with Gasteiger partial charge in [-0.1, -0.05) is 45.7 Å². The number of benzodiazepines with no additional fused rings is 1. The number of aliphatic imine (C=N–C) groups is 1. The number of amides is 1. The molecule has 0 saturated carbocycles. The van der Waals surface area contributed by atoms with Crippen molar-refractivity contribution in [3.05, 3.63) is 63.1 Å². The largest absolute Gasteiger partial charge is 0.324 e. The molecule has 2 aromatic carbocycles. The van der Waals surface area contributed by atoms with E-state index in [1.807, 2.05) is 42.5 Å². The molecule has 1 amide bonds. The first-order valence-corrected chi connectivity index (χ1v) is 7.67. The number of nitrogens with zero attached hydrogens (tertiary/aromatic N) is 1. The van der Waals surface area contributed by atoms with Crippen molar-refractivity contribution in [2.45, 2.75) is 13.0 Å². The summed E-state index contributed by atoms with van der Waals surface area (Å²) < 4.78 is 0.921. The Balaban J connectivity index is 2.27. The molecule has 0 fully saturated rings. The number of benzene rings is 2. The third-order valence-corrected chi connectivity index (χ3v) is 4.15. The summed E-state index contributed by atoms with van der Waals surface area (Å²) in [5, 5.41) is 3.52. The van der Waals surface area contributed by atoms with Crippen LogP contribution in [0.3, 0.4) is 0 Å². The van der Waals surface area contributed by atoms with Crippen LogP contribution in [0, 0.1) is 0 Å². The highest BCUT2D eigenvalue weighted by Crippen LogP contribution is 2.29. The van der Waals surface area contributed by atoms with E-state index < -0.39 is 6.04 Å². The highest BCUT2D eigenvalue weighted by Gasteiger charge is 2.23. The van der Waals surface area contributed by atoms with Crippen LogP contribution in [0.5, 0.6) is 0 Å². The molecule has 1 aliphatic heterocycles. The van der Waals surface area contributed by atoms with Gasteiger partial charge in [-0.2, -0.15) is 0 Å². The summed E-state index contributed by atoms with van der Waals surface area (Å²) in [4.78, 5) is 16.6. The maximum Gasteiger partial charge on any atom is 0.248 e. The summed E-state index contributed by atoms with van der Waals surface area (Å²) in [5.41, 5.74) is 3.14. The van der Waals surface area contributed by atoms with Crippen LogP contribution in [0.25, 0.3) is 0 Å². The number of anilines is 1. The van der Waals surface area contributed by atoms with Crippen molar-refractivity contribution in [3.8, 4) is 0 Å². The maximum atomic E-state index is 12.1. The minimum atomic E-state index is -0.470. The maximum absolute atomic E-state index is 12.1. The third-order valence-electron chi connectivity index (χ3n) is 3.33. The second-order valence-electron chi connectivity index (χ2n) is 4.81. The predicted molar refractivity (Wildman–Crippen MR) is 89.3 cm³/mol. The zero-order valence-electron chi connectivity index (χ0n) is 11.2.